The van der Waals surface area contributed by atoms with Gasteiger partial charge in [0, 0.05) is 19.0 Å². The fraction of sp³-hybridized carbons (Fsp3) is 0.571. The zero-order valence-electron chi connectivity index (χ0n) is 26.1. The second-order valence-corrected chi connectivity index (χ2v) is 12.5. The highest BCUT2D eigenvalue weighted by molar-refractivity contribution is 5.92. The van der Waals surface area contributed by atoms with Gasteiger partial charge in [0.05, 0.1) is 0 Å². The van der Waals surface area contributed by atoms with Crippen molar-refractivity contribution in [1.29, 1.82) is 0 Å². The monoisotopic (exact) mass is 577 g/mol. The van der Waals surface area contributed by atoms with E-state index in [0.29, 0.717) is 6.54 Å². The SMILES string of the molecule is CCCCCCCN(C(=O)C(Cc1ccccc1)NC(=O)OC(C)(C)C)C(C(=O)NC1CCCCC1)c1ccccc1. The average Bonchev–Trinajstić information content (AvgIpc) is 2.96. The predicted octanol–water partition coefficient (Wildman–Crippen LogP) is 7.11. The Bertz CT molecular complexity index is 1090. The van der Waals surface area contributed by atoms with Gasteiger partial charge < -0.3 is 20.3 Å². The number of hydrogen-bond donors (Lipinski definition) is 2. The van der Waals surface area contributed by atoms with Crippen LogP contribution >= 0.6 is 0 Å². The molecule has 1 saturated carbocycles. The fourth-order valence-corrected chi connectivity index (χ4v) is 5.59. The maximum Gasteiger partial charge on any atom is 0.408 e. The number of nitrogens with zero attached hydrogens (tertiary/aromatic N) is 1. The molecular formula is C35H51N3O4. The van der Waals surface area contributed by atoms with Crippen molar-refractivity contribution in [3.63, 3.8) is 0 Å². The minimum atomic E-state index is -0.897. The summed E-state index contributed by atoms with van der Waals surface area (Å²) in [7, 11) is 0. The van der Waals surface area contributed by atoms with Crippen LogP contribution in [-0.4, -0.2) is 47.0 Å². The van der Waals surface area contributed by atoms with Gasteiger partial charge in [0.15, 0.2) is 0 Å². The van der Waals surface area contributed by atoms with Crippen LogP contribution in [0.5, 0.6) is 0 Å². The first-order chi connectivity index (χ1) is 20.2. The zero-order valence-corrected chi connectivity index (χ0v) is 26.1. The van der Waals surface area contributed by atoms with Crippen molar-refractivity contribution in [3.05, 3.63) is 71.8 Å². The first-order valence-corrected chi connectivity index (χ1v) is 15.9. The van der Waals surface area contributed by atoms with Crippen LogP contribution in [0.1, 0.15) is 109 Å². The van der Waals surface area contributed by atoms with Gasteiger partial charge in [-0.15, -0.1) is 0 Å². The molecule has 0 heterocycles. The number of alkyl carbamates (subject to hydrolysis) is 1. The fourth-order valence-electron chi connectivity index (χ4n) is 5.59. The number of carbonyl (C=O) groups is 3. The summed E-state index contributed by atoms with van der Waals surface area (Å²) in [6, 6.07) is 17.6. The van der Waals surface area contributed by atoms with Crippen LogP contribution in [0.3, 0.4) is 0 Å². The minimum Gasteiger partial charge on any atom is -0.444 e. The predicted molar refractivity (Wildman–Crippen MR) is 168 cm³/mol. The molecule has 0 aliphatic heterocycles. The number of carbonyl (C=O) groups excluding carboxylic acids is 3. The molecule has 2 aromatic carbocycles. The molecule has 0 spiro atoms. The Morgan fingerprint density at radius 2 is 1.50 bits per heavy atom. The van der Waals surface area contributed by atoms with Crippen molar-refractivity contribution in [1.82, 2.24) is 15.5 Å². The molecule has 1 fully saturated rings. The first kappa shape index (κ1) is 33.2. The lowest BCUT2D eigenvalue weighted by Gasteiger charge is -2.36. The van der Waals surface area contributed by atoms with Crippen LogP contribution in [0.15, 0.2) is 60.7 Å². The third-order valence-corrected chi connectivity index (χ3v) is 7.68. The molecule has 2 N–H and O–H groups in total. The Morgan fingerprint density at radius 3 is 2.12 bits per heavy atom. The number of benzene rings is 2. The molecule has 2 unspecified atom stereocenters. The summed E-state index contributed by atoms with van der Waals surface area (Å²) in [5.41, 5.74) is 0.969. The Labute approximate surface area is 252 Å². The van der Waals surface area contributed by atoms with Gasteiger partial charge in [-0.25, -0.2) is 4.79 Å². The Balaban J connectivity index is 1.96. The topological polar surface area (TPSA) is 87.7 Å². The molecule has 42 heavy (non-hydrogen) atoms. The van der Waals surface area contributed by atoms with Crippen molar-refractivity contribution in [3.8, 4) is 0 Å². The van der Waals surface area contributed by atoms with E-state index in [1.54, 1.807) is 25.7 Å². The summed E-state index contributed by atoms with van der Waals surface area (Å²) in [5.74, 6) is -0.446. The largest absolute Gasteiger partial charge is 0.444 e. The van der Waals surface area contributed by atoms with Gasteiger partial charge in [-0.1, -0.05) is 113 Å². The van der Waals surface area contributed by atoms with Gasteiger partial charge in [-0.05, 0) is 51.2 Å². The highest BCUT2D eigenvalue weighted by Gasteiger charge is 2.37. The minimum absolute atomic E-state index is 0.110. The van der Waals surface area contributed by atoms with Crippen LogP contribution in [-0.2, 0) is 20.7 Å². The van der Waals surface area contributed by atoms with Crippen LogP contribution in [0.25, 0.3) is 0 Å². The maximum absolute atomic E-state index is 14.6. The highest BCUT2D eigenvalue weighted by atomic mass is 16.6. The molecule has 0 aromatic heterocycles. The molecule has 2 aromatic rings. The number of unbranched alkanes of at least 4 members (excludes halogenated alkanes) is 4. The molecular weight excluding hydrogens is 526 g/mol. The Morgan fingerprint density at radius 1 is 0.881 bits per heavy atom. The second kappa shape index (κ2) is 16.9. The zero-order chi connectivity index (χ0) is 30.4. The molecule has 0 bridgehead atoms. The van der Waals surface area contributed by atoms with Crippen LogP contribution in [0.2, 0.25) is 0 Å². The average molecular weight is 578 g/mol. The summed E-state index contributed by atoms with van der Waals surface area (Å²) < 4.78 is 5.55. The Hall–Kier alpha value is -3.35. The van der Waals surface area contributed by atoms with E-state index in [9.17, 15) is 14.4 Å². The molecule has 0 radical (unpaired) electrons. The van der Waals surface area contributed by atoms with Crippen molar-refractivity contribution in [2.24, 2.45) is 0 Å². The van der Waals surface area contributed by atoms with E-state index in [4.69, 9.17) is 4.74 Å². The van der Waals surface area contributed by atoms with E-state index >= 15 is 0 Å². The van der Waals surface area contributed by atoms with E-state index in [2.05, 4.69) is 17.6 Å². The number of rotatable bonds is 14. The lowest BCUT2D eigenvalue weighted by molar-refractivity contribution is -0.143. The lowest BCUT2D eigenvalue weighted by Crippen LogP contribution is -2.54. The van der Waals surface area contributed by atoms with Crippen LogP contribution < -0.4 is 10.6 Å². The molecule has 1 aliphatic carbocycles. The summed E-state index contributed by atoms with van der Waals surface area (Å²) in [6.45, 7) is 7.98. The van der Waals surface area contributed by atoms with E-state index < -0.39 is 23.8 Å². The molecule has 230 valence electrons. The van der Waals surface area contributed by atoms with Crippen LogP contribution in [0, 0.1) is 0 Å². The van der Waals surface area contributed by atoms with E-state index in [1.807, 2.05) is 60.7 Å². The smallest absolute Gasteiger partial charge is 0.408 e. The van der Waals surface area contributed by atoms with Gasteiger partial charge in [-0.3, -0.25) is 9.59 Å². The van der Waals surface area contributed by atoms with Gasteiger partial charge in [0.25, 0.3) is 0 Å². The van der Waals surface area contributed by atoms with Gasteiger partial charge in [-0.2, -0.15) is 0 Å². The standard InChI is InChI=1S/C35H51N3O4/c1-5-6-7-8-18-25-38(31(28-21-14-10-15-22-28)32(39)36-29-23-16-11-17-24-29)33(40)30(26-27-19-12-9-13-20-27)37-34(41)42-35(2,3)4/h9-10,12-15,19-22,29-31H,5-8,11,16-18,23-26H2,1-4H3,(H,36,39)(H,37,41). The third kappa shape index (κ3) is 11.1. The normalized spacial score (nSPS) is 15.3. The van der Waals surface area contributed by atoms with Crippen molar-refractivity contribution in [2.75, 3.05) is 6.54 Å². The van der Waals surface area contributed by atoms with Gasteiger partial charge >= 0.3 is 6.09 Å². The molecule has 0 saturated heterocycles. The summed E-state index contributed by atoms with van der Waals surface area (Å²) in [6.07, 6.45) is 10.00. The third-order valence-electron chi connectivity index (χ3n) is 7.68. The highest BCUT2D eigenvalue weighted by Crippen LogP contribution is 2.26. The van der Waals surface area contributed by atoms with Crippen molar-refractivity contribution >= 4 is 17.9 Å². The van der Waals surface area contributed by atoms with E-state index in [1.165, 1.54) is 6.42 Å². The van der Waals surface area contributed by atoms with E-state index in [-0.39, 0.29) is 24.3 Å². The summed E-state index contributed by atoms with van der Waals surface area (Å²) in [5, 5.41) is 6.13. The van der Waals surface area contributed by atoms with Gasteiger partial charge in [0.2, 0.25) is 11.8 Å². The number of amides is 3. The Kier molecular flexibility index (Phi) is 13.4. The molecule has 2 atom stereocenters. The van der Waals surface area contributed by atoms with Gasteiger partial charge in [0.1, 0.15) is 17.7 Å². The number of ether oxygens (including phenoxy) is 1. The summed E-state index contributed by atoms with van der Waals surface area (Å²) >= 11 is 0. The first-order valence-electron chi connectivity index (χ1n) is 15.9. The number of hydrogen-bond acceptors (Lipinski definition) is 4. The molecule has 1 aliphatic rings. The van der Waals surface area contributed by atoms with Crippen molar-refractivity contribution in [2.45, 2.75) is 122 Å². The lowest BCUT2D eigenvalue weighted by atomic mass is 9.94. The summed E-state index contributed by atoms with van der Waals surface area (Å²) in [4.78, 5) is 43.3. The molecule has 7 heteroatoms. The quantitative estimate of drug-likeness (QED) is 0.234. The van der Waals surface area contributed by atoms with Crippen molar-refractivity contribution < 1.29 is 19.1 Å². The second-order valence-electron chi connectivity index (χ2n) is 12.5. The molecule has 3 rings (SSSR count). The molecule has 7 nitrogen and oxygen atoms in total. The van der Waals surface area contributed by atoms with E-state index in [0.717, 1.165) is 68.9 Å². The molecule has 3 amide bonds. The maximum atomic E-state index is 14.6. The van der Waals surface area contributed by atoms with Crippen LogP contribution in [0.4, 0.5) is 4.79 Å². The number of nitrogens with one attached hydrogen (secondary N) is 2.